The van der Waals surface area contributed by atoms with Crippen LogP contribution in [0.1, 0.15) is 5.69 Å². The Kier molecular flexibility index (Phi) is 3.08. The predicted molar refractivity (Wildman–Crippen MR) is 66.6 cm³/mol. The van der Waals surface area contributed by atoms with Gasteiger partial charge in [-0.1, -0.05) is 29.4 Å². The zero-order valence-electron chi connectivity index (χ0n) is 9.83. The molecule has 0 atom stereocenters. The molecule has 17 heavy (non-hydrogen) atoms. The van der Waals surface area contributed by atoms with Crippen LogP contribution in [0.2, 0.25) is 0 Å². The van der Waals surface area contributed by atoms with Crippen molar-refractivity contribution >= 4 is 5.69 Å². The van der Waals surface area contributed by atoms with Crippen LogP contribution in [0.4, 0.5) is 5.69 Å². The SMILES string of the molecule is Cc1ccc(-c2ccccc2N=[N+]=[N-])c[n+]1C. The van der Waals surface area contributed by atoms with Crippen molar-refractivity contribution in [3.8, 4) is 11.1 Å². The first-order valence-corrected chi connectivity index (χ1v) is 5.33. The number of pyridine rings is 1. The molecular formula is C13H13N4+. The molecule has 0 bridgehead atoms. The van der Waals surface area contributed by atoms with Gasteiger partial charge in [0.2, 0.25) is 0 Å². The molecule has 0 spiro atoms. The Balaban J connectivity index is 2.59. The van der Waals surface area contributed by atoms with E-state index < -0.39 is 0 Å². The van der Waals surface area contributed by atoms with Gasteiger partial charge in [-0.25, -0.2) is 4.57 Å². The average Bonchev–Trinajstić information content (AvgIpc) is 2.34. The molecule has 1 aromatic carbocycles. The second-order valence-corrected chi connectivity index (χ2v) is 3.88. The van der Waals surface area contributed by atoms with Crippen LogP contribution in [0.15, 0.2) is 47.7 Å². The minimum absolute atomic E-state index is 0.652. The molecule has 0 unspecified atom stereocenters. The molecule has 4 nitrogen and oxygen atoms in total. The molecule has 84 valence electrons. The zero-order chi connectivity index (χ0) is 12.3. The standard InChI is InChI=1S/C13H13N4/c1-10-7-8-11(9-17(10)2)12-5-3-4-6-13(12)15-16-14/h3-9H,1-2H3/q+1. The second kappa shape index (κ2) is 4.68. The number of rotatable bonds is 2. The fourth-order valence-corrected chi connectivity index (χ4v) is 1.69. The van der Waals surface area contributed by atoms with E-state index in [1.54, 1.807) is 0 Å². The molecule has 0 N–H and O–H groups in total. The lowest BCUT2D eigenvalue weighted by molar-refractivity contribution is -0.677. The van der Waals surface area contributed by atoms with Gasteiger partial charge < -0.3 is 0 Å². The molecule has 0 fully saturated rings. The smallest absolute Gasteiger partial charge is 0.177 e. The first-order valence-electron chi connectivity index (χ1n) is 5.33. The normalized spacial score (nSPS) is 9.76. The van der Waals surface area contributed by atoms with Gasteiger partial charge in [0.15, 0.2) is 11.9 Å². The molecule has 2 aromatic rings. The Morgan fingerprint density at radius 2 is 1.94 bits per heavy atom. The lowest BCUT2D eigenvalue weighted by atomic mass is 10.1. The summed E-state index contributed by atoms with van der Waals surface area (Å²) in [5.41, 5.74) is 12.4. The number of azide groups is 1. The van der Waals surface area contributed by atoms with Crippen LogP contribution in [-0.2, 0) is 7.05 Å². The topological polar surface area (TPSA) is 52.6 Å². The first-order chi connectivity index (χ1) is 8.22. The number of nitrogens with zero attached hydrogens (tertiary/aromatic N) is 4. The molecule has 2 rings (SSSR count). The number of benzene rings is 1. The van der Waals surface area contributed by atoms with Gasteiger partial charge in [0.25, 0.3) is 0 Å². The molecule has 0 radical (unpaired) electrons. The van der Waals surface area contributed by atoms with Crippen LogP contribution < -0.4 is 4.57 Å². The van der Waals surface area contributed by atoms with Crippen LogP contribution in [-0.4, -0.2) is 0 Å². The van der Waals surface area contributed by atoms with E-state index in [-0.39, 0.29) is 0 Å². The zero-order valence-corrected chi connectivity index (χ0v) is 9.83. The molecule has 0 saturated carbocycles. The van der Waals surface area contributed by atoms with Crippen LogP contribution >= 0.6 is 0 Å². The van der Waals surface area contributed by atoms with Crippen molar-refractivity contribution in [2.45, 2.75) is 6.92 Å². The van der Waals surface area contributed by atoms with Gasteiger partial charge in [-0.15, -0.1) is 0 Å². The monoisotopic (exact) mass is 225 g/mol. The largest absolute Gasteiger partial charge is 0.205 e. The molecular weight excluding hydrogens is 212 g/mol. The molecule has 0 amide bonds. The summed E-state index contributed by atoms with van der Waals surface area (Å²) in [4.78, 5) is 2.85. The predicted octanol–water partition coefficient (Wildman–Crippen LogP) is 3.43. The van der Waals surface area contributed by atoms with Crippen molar-refractivity contribution in [1.29, 1.82) is 0 Å². The van der Waals surface area contributed by atoms with Crippen LogP contribution in [0.3, 0.4) is 0 Å². The van der Waals surface area contributed by atoms with Crippen LogP contribution in [0.5, 0.6) is 0 Å². The van der Waals surface area contributed by atoms with Gasteiger partial charge in [0.05, 0.1) is 0 Å². The third-order valence-corrected chi connectivity index (χ3v) is 2.76. The van der Waals surface area contributed by atoms with E-state index in [1.807, 2.05) is 61.1 Å². The molecule has 4 heteroatoms. The van der Waals surface area contributed by atoms with E-state index in [4.69, 9.17) is 5.53 Å². The number of aromatic nitrogens is 1. The van der Waals surface area contributed by atoms with Crippen LogP contribution in [0.25, 0.3) is 21.6 Å². The number of hydrogen-bond acceptors (Lipinski definition) is 1. The molecule has 0 aliphatic heterocycles. The maximum atomic E-state index is 8.54. The highest BCUT2D eigenvalue weighted by atomic mass is 15.1. The van der Waals surface area contributed by atoms with Gasteiger partial charge >= 0.3 is 0 Å². The first kappa shape index (κ1) is 11.2. The number of aryl methyl sites for hydroxylation is 2. The van der Waals surface area contributed by atoms with Crippen molar-refractivity contribution in [3.63, 3.8) is 0 Å². The Morgan fingerprint density at radius 3 is 2.65 bits per heavy atom. The minimum atomic E-state index is 0.652. The Labute approximate surface area is 99.8 Å². The van der Waals surface area contributed by atoms with Crippen LogP contribution in [0, 0.1) is 6.92 Å². The summed E-state index contributed by atoms with van der Waals surface area (Å²) >= 11 is 0. The fourth-order valence-electron chi connectivity index (χ4n) is 1.69. The summed E-state index contributed by atoms with van der Waals surface area (Å²) in [6.07, 6.45) is 2.03. The molecule has 1 heterocycles. The summed E-state index contributed by atoms with van der Waals surface area (Å²) in [5, 5.41) is 3.71. The summed E-state index contributed by atoms with van der Waals surface area (Å²) in [6.45, 7) is 2.04. The van der Waals surface area contributed by atoms with E-state index in [0.717, 1.165) is 11.1 Å². The minimum Gasteiger partial charge on any atom is -0.205 e. The maximum Gasteiger partial charge on any atom is 0.177 e. The lowest BCUT2D eigenvalue weighted by Gasteiger charge is -2.04. The third kappa shape index (κ3) is 2.27. The van der Waals surface area contributed by atoms with Gasteiger partial charge in [0, 0.05) is 29.2 Å². The van der Waals surface area contributed by atoms with E-state index >= 15 is 0 Å². The van der Waals surface area contributed by atoms with E-state index in [0.29, 0.717) is 5.69 Å². The highest BCUT2D eigenvalue weighted by Gasteiger charge is 2.08. The molecule has 0 aliphatic carbocycles. The van der Waals surface area contributed by atoms with Crippen molar-refractivity contribution < 1.29 is 4.57 Å². The van der Waals surface area contributed by atoms with E-state index in [1.165, 1.54) is 5.69 Å². The maximum absolute atomic E-state index is 8.54. The highest BCUT2D eigenvalue weighted by Crippen LogP contribution is 2.29. The summed E-state index contributed by atoms with van der Waals surface area (Å²) in [7, 11) is 2.00. The summed E-state index contributed by atoms with van der Waals surface area (Å²) in [6, 6.07) is 11.6. The lowest BCUT2D eigenvalue weighted by Crippen LogP contribution is -2.31. The summed E-state index contributed by atoms with van der Waals surface area (Å²) < 4.78 is 2.04. The van der Waals surface area contributed by atoms with Gasteiger partial charge in [-0.3, -0.25) is 0 Å². The molecule has 0 saturated heterocycles. The van der Waals surface area contributed by atoms with E-state index in [2.05, 4.69) is 10.0 Å². The molecule has 1 aromatic heterocycles. The third-order valence-electron chi connectivity index (χ3n) is 2.76. The highest BCUT2D eigenvalue weighted by molar-refractivity contribution is 5.74. The van der Waals surface area contributed by atoms with Crippen molar-refractivity contribution in [2.75, 3.05) is 0 Å². The Hall–Kier alpha value is -2.32. The van der Waals surface area contributed by atoms with Gasteiger partial charge in [0.1, 0.15) is 7.05 Å². The average molecular weight is 225 g/mol. The van der Waals surface area contributed by atoms with Crippen molar-refractivity contribution in [2.24, 2.45) is 12.2 Å². The van der Waals surface area contributed by atoms with E-state index in [9.17, 15) is 0 Å². The fraction of sp³-hybridized carbons (Fsp3) is 0.154. The summed E-state index contributed by atoms with van der Waals surface area (Å²) in [5.74, 6) is 0. The number of hydrogen-bond donors (Lipinski definition) is 0. The molecule has 0 aliphatic rings. The van der Waals surface area contributed by atoms with Gasteiger partial charge in [-0.05, 0) is 17.2 Å². The second-order valence-electron chi connectivity index (χ2n) is 3.88. The van der Waals surface area contributed by atoms with Crippen molar-refractivity contribution in [1.82, 2.24) is 0 Å². The Morgan fingerprint density at radius 1 is 1.18 bits per heavy atom. The van der Waals surface area contributed by atoms with Gasteiger partial charge in [-0.2, -0.15) is 0 Å². The van der Waals surface area contributed by atoms with Crippen molar-refractivity contribution in [3.05, 3.63) is 58.7 Å². The Bertz CT molecular complexity index is 598. The quantitative estimate of drug-likeness (QED) is 0.325.